The number of benzene rings is 1. The van der Waals surface area contributed by atoms with Crippen LogP contribution in [0.2, 0.25) is 0 Å². The van der Waals surface area contributed by atoms with Gasteiger partial charge in [-0.2, -0.15) is 0 Å². The van der Waals surface area contributed by atoms with Gasteiger partial charge in [0.1, 0.15) is 0 Å². The van der Waals surface area contributed by atoms with Gasteiger partial charge in [0.25, 0.3) is 12.5 Å². The highest BCUT2D eigenvalue weighted by molar-refractivity contribution is 5.92. The van der Waals surface area contributed by atoms with Crippen LogP contribution in [-0.4, -0.2) is 30.5 Å². The van der Waals surface area contributed by atoms with Crippen molar-refractivity contribution in [1.29, 1.82) is 0 Å². The number of anilines is 2. The van der Waals surface area contributed by atoms with Crippen molar-refractivity contribution >= 4 is 17.3 Å². The molecule has 0 aliphatic carbocycles. The highest BCUT2D eigenvalue weighted by Crippen LogP contribution is 2.22. The van der Waals surface area contributed by atoms with Crippen LogP contribution < -0.4 is 22.6 Å². The Hall–Kier alpha value is -1.82. The number of carbonyl (C=O) groups excluding carboxylic acids is 1. The molecule has 1 aromatic rings. The van der Waals surface area contributed by atoms with Crippen molar-refractivity contribution in [3.8, 4) is 0 Å². The minimum atomic E-state index is -0.711. The van der Waals surface area contributed by atoms with Gasteiger partial charge in [-0.05, 0) is 44.5 Å². The second-order valence-electron chi connectivity index (χ2n) is 4.21. The smallest absolute Gasteiger partial charge is 0.296 e. The number of hydrogen-bond donors (Lipinski definition) is 1. The first kappa shape index (κ1) is 18.2. The lowest BCUT2D eigenvalue weighted by atomic mass is 10.1. The Labute approximate surface area is 124 Å². The molecule has 0 saturated carbocycles. The van der Waals surface area contributed by atoms with Crippen LogP contribution in [0.15, 0.2) is 18.2 Å². The Morgan fingerprint density at radius 2 is 1.95 bits per heavy atom. The van der Waals surface area contributed by atoms with Crippen molar-refractivity contribution < 1.29 is 22.1 Å². The van der Waals surface area contributed by atoms with Crippen molar-refractivity contribution in [2.45, 2.75) is 20.8 Å². The zero-order chi connectivity index (χ0) is 14.4. The van der Waals surface area contributed by atoms with Gasteiger partial charge >= 0.3 is 0 Å². The third-order valence-corrected chi connectivity index (χ3v) is 2.89. The van der Waals surface area contributed by atoms with Gasteiger partial charge in [0.15, 0.2) is 0 Å². The third-order valence-electron chi connectivity index (χ3n) is 2.89. The zero-order valence-corrected chi connectivity index (χ0v) is 12.6. The summed E-state index contributed by atoms with van der Waals surface area (Å²) in [6.07, 6.45) is 0. The van der Waals surface area contributed by atoms with Crippen molar-refractivity contribution in [2.24, 2.45) is 0 Å². The molecule has 0 bridgehead atoms. The summed E-state index contributed by atoms with van der Waals surface area (Å²) in [7, 11) is 0. The van der Waals surface area contributed by atoms with Gasteiger partial charge in [-0.3, -0.25) is 14.9 Å². The van der Waals surface area contributed by atoms with Gasteiger partial charge in [-0.1, -0.05) is 0 Å². The summed E-state index contributed by atoms with van der Waals surface area (Å²) in [5, 5.41) is 12.8. The quantitative estimate of drug-likeness (QED) is 0.543. The van der Waals surface area contributed by atoms with Crippen molar-refractivity contribution in [2.75, 3.05) is 29.9 Å². The van der Waals surface area contributed by atoms with E-state index in [1.807, 2.05) is 19.1 Å². The van der Waals surface area contributed by atoms with E-state index in [-0.39, 0.29) is 12.4 Å². The number of amides is 1. The number of rotatable bonds is 6. The molecule has 0 radical (unpaired) electrons. The molecule has 0 heterocycles. The van der Waals surface area contributed by atoms with Crippen LogP contribution in [0.25, 0.3) is 0 Å². The molecule has 0 unspecified atom stereocenters. The zero-order valence-electron chi connectivity index (χ0n) is 11.9. The van der Waals surface area contributed by atoms with Crippen molar-refractivity contribution in [1.82, 2.24) is 0 Å². The SMILES string of the molecule is CCN(CC)c1ccc(NC(=O)C[N+](=O)[O-])c(C)c1.[Cl-]. The summed E-state index contributed by atoms with van der Waals surface area (Å²) in [4.78, 5) is 23.1. The van der Waals surface area contributed by atoms with E-state index in [1.165, 1.54) is 0 Å². The largest absolute Gasteiger partial charge is 1.00 e. The van der Waals surface area contributed by atoms with Gasteiger partial charge in [-0.15, -0.1) is 0 Å². The first-order chi connectivity index (χ1) is 8.97. The minimum Gasteiger partial charge on any atom is -1.00 e. The van der Waals surface area contributed by atoms with E-state index >= 15 is 0 Å². The van der Waals surface area contributed by atoms with E-state index in [2.05, 4.69) is 24.1 Å². The number of nitrogens with one attached hydrogen (secondary N) is 1. The molecule has 0 spiro atoms. The topological polar surface area (TPSA) is 75.5 Å². The van der Waals surface area contributed by atoms with Gasteiger partial charge in [-0.25, -0.2) is 0 Å². The molecular weight excluding hydrogens is 282 g/mol. The summed E-state index contributed by atoms with van der Waals surface area (Å²) in [6.45, 7) is 7.12. The number of nitrogens with zero attached hydrogens (tertiary/aromatic N) is 2. The lowest BCUT2D eigenvalue weighted by Gasteiger charge is -2.22. The predicted octanol–water partition coefficient (Wildman–Crippen LogP) is -0.940. The summed E-state index contributed by atoms with van der Waals surface area (Å²) in [5.41, 5.74) is 2.58. The maximum Gasteiger partial charge on any atom is 0.296 e. The second kappa shape index (κ2) is 8.37. The molecule has 1 amide bonds. The molecule has 7 heteroatoms. The third kappa shape index (κ3) is 5.05. The summed E-state index contributed by atoms with van der Waals surface area (Å²) >= 11 is 0. The molecule has 6 nitrogen and oxygen atoms in total. The molecule has 1 N–H and O–H groups in total. The molecule has 1 rings (SSSR count). The highest BCUT2D eigenvalue weighted by atomic mass is 35.5. The lowest BCUT2D eigenvalue weighted by Crippen LogP contribution is -3.00. The summed E-state index contributed by atoms with van der Waals surface area (Å²) in [5.74, 6) is -0.608. The Morgan fingerprint density at radius 1 is 1.35 bits per heavy atom. The van der Waals surface area contributed by atoms with Crippen molar-refractivity contribution in [3.05, 3.63) is 33.9 Å². The number of carbonyl (C=O) groups is 1. The van der Waals surface area contributed by atoms with E-state index in [1.54, 1.807) is 6.07 Å². The normalized spacial score (nSPS) is 9.55. The van der Waals surface area contributed by atoms with Gasteiger partial charge < -0.3 is 22.6 Å². The van der Waals surface area contributed by atoms with E-state index in [0.717, 1.165) is 24.3 Å². The standard InChI is InChI=1S/C13H19N3O3.ClH/c1-4-15(5-2)11-6-7-12(10(3)8-11)14-13(17)9-16(18)19;/h6-8H,4-5,9H2,1-3H3,(H,14,17);1H/p-1. The van der Waals surface area contributed by atoms with Crippen molar-refractivity contribution in [3.63, 3.8) is 0 Å². The van der Waals surface area contributed by atoms with Crippen LogP contribution in [0, 0.1) is 17.0 Å². The molecule has 1 aromatic carbocycles. The van der Waals surface area contributed by atoms with E-state index in [0.29, 0.717) is 5.69 Å². The Morgan fingerprint density at radius 3 is 2.40 bits per heavy atom. The monoisotopic (exact) mass is 300 g/mol. The number of aryl methyl sites for hydroxylation is 1. The van der Waals surface area contributed by atoms with Gasteiger partial charge in [0.05, 0.1) is 0 Å². The molecule has 0 aliphatic heterocycles. The van der Waals surface area contributed by atoms with E-state index in [9.17, 15) is 14.9 Å². The average molecular weight is 301 g/mol. The lowest BCUT2D eigenvalue weighted by molar-refractivity contribution is -0.467. The molecular formula is C13H19ClN3O3-. The maximum atomic E-state index is 11.3. The van der Waals surface area contributed by atoms with E-state index < -0.39 is 17.4 Å². The summed E-state index contributed by atoms with van der Waals surface area (Å²) < 4.78 is 0. The molecule has 0 saturated heterocycles. The summed E-state index contributed by atoms with van der Waals surface area (Å²) in [6, 6.07) is 5.65. The number of halogens is 1. The minimum absolute atomic E-state index is 0. The van der Waals surface area contributed by atoms with Crippen LogP contribution in [-0.2, 0) is 4.79 Å². The molecule has 0 fully saturated rings. The van der Waals surface area contributed by atoms with Crippen LogP contribution >= 0.6 is 0 Å². The Balaban J connectivity index is 0.00000361. The fourth-order valence-electron chi connectivity index (χ4n) is 1.88. The van der Waals surface area contributed by atoms with Crippen LogP contribution in [0.1, 0.15) is 19.4 Å². The van der Waals surface area contributed by atoms with E-state index in [4.69, 9.17) is 0 Å². The van der Waals surface area contributed by atoms with Crippen LogP contribution in [0.5, 0.6) is 0 Å². The maximum absolute atomic E-state index is 11.3. The second-order valence-corrected chi connectivity index (χ2v) is 4.21. The number of nitro groups is 1. The average Bonchev–Trinajstić information content (AvgIpc) is 2.33. The Kier molecular flexibility index (Phi) is 7.61. The fraction of sp³-hybridized carbons (Fsp3) is 0.462. The fourth-order valence-corrected chi connectivity index (χ4v) is 1.88. The molecule has 20 heavy (non-hydrogen) atoms. The highest BCUT2D eigenvalue weighted by Gasteiger charge is 2.11. The number of hydrogen-bond acceptors (Lipinski definition) is 4. The molecule has 112 valence electrons. The molecule has 0 aromatic heterocycles. The molecule has 0 aliphatic rings. The predicted molar refractivity (Wildman–Crippen MR) is 75.2 cm³/mol. The van der Waals surface area contributed by atoms with Crippen LogP contribution in [0.4, 0.5) is 11.4 Å². The Bertz CT molecular complexity index is 476. The van der Waals surface area contributed by atoms with Gasteiger partial charge in [0, 0.05) is 29.4 Å². The van der Waals surface area contributed by atoms with Crippen LogP contribution in [0.3, 0.4) is 0 Å². The first-order valence-electron chi connectivity index (χ1n) is 6.25. The molecule has 0 atom stereocenters. The van der Waals surface area contributed by atoms with Gasteiger partial charge in [0.2, 0.25) is 0 Å². The first-order valence-corrected chi connectivity index (χ1v) is 6.25.